The molecule has 2 heterocycles. The minimum absolute atomic E-state index is 0.0191. The first-order valence-corrected chi connectivity index (χ1v) is 15.1. The SMILES string of the molecule is CCCC[C@H]([SiH2]NC(=O)OC(c1cccnc1)C(F)(F)c1cccc(Cl)c1)C(=O)N[C@H](C=O)C[C@@H]1CCNC1=O. The summed E-state index contributed by atoms with van der Waals surface area (Å²) in [6.07, 6.45) is 2.78. The maximum absolute atomic E-state index is 15.6. The van der Waals surface area contributed by atoms with Crippen molar-refractivity contribution >= 4 is 45.5 Å². The third-order valence-electron chi connectivity index (χ3n) is 6.71. The largest absolute Gasteiger partial charge is 0.435 e. The van der Waals surface area contributed by atoms with E-state index in [-0.39, 0.29) is 28.8 Å². The van der Waals surface area contributed by atoms with Gasteiger partial charge >= 0.3 is 12.0 Å². The molecule has 4 atom stereocenters. The van der Waals surface area contributed by atoms with Gasteiger partial charge in [-0.25, -0.2) is 4.79 Å². The zero-order chi connectivity index (χ0) is 29.1. The highest BCUT2D eigenvalue weighted by atomic mass is 35.5. The van der Waals surface area contributed by atoms with Crippen molar-refractivity contribution in [2.45, 2.75) is 62.6 Å². The van der Waals surface area contributed by atoms with Crippen molar-refractivity contribution in [3.63, 3.8) is 0 Å². The summed E-state index contributed by atoms with van der Waals surface area (Å²) < 4.78 is 36.5. The molecule has 0 aliphatic carbocycles. The van der Waals surface area contributed by atoms with Crippen molar-refractivity contribution in [1.82, 2.24) is 20.6 Å². The number of aldehydes is 1. The number of halogens is 3. The molecular weight excluding hydrogens is 562 g/mol. The summed E-state index contributed by atoms with van der Waals surface area (Å²) in [6, 6.07) is 7.11. The number of alkyl halides is 2. The standard InChI is InChI=1S/C27H33ClF2N4O5Si/c1-2-3-9-22(25(37)33-21(16-35)13-17-10-12-32-24(17)36)40-34-26(38)39-23(18-6-5-11-31-15-18)27(29,30)19-7-4-8-20(28)14-19/h4-8,11,14-17,21-23H,2-3,9-10,12-13,40H2,1H3,(H,32,36)(H,33,37)(H,34,38)/t17-,21-,22-,23?/m0/s1. The number of benzene rings is 1. The number of hydrogen-bond donors (Lipinski definition) is 3. The van der Waals surface area contributed by atoms with Crippen molar-refractivity contribution in [3.8, 4) is 0 Å². The van der Waals surface area contributed by atoms with E-state index < -0.39 is 50.9 Å². The highest BCUT2D eigenvalue weighted by molar-refractivity contribution is 6.44. The molecule has 40 heavy (non-hydrogen) atoms. The lowest BCUT2D eigenvalue weighted by molar-refractivity contribution is -0.126. The number of amides is 3. The normalized spacial score (nSPS) is 17.6. The molecule has 3 amide bonds. The lowest BCUT2D eigenvalue weighted by Crippen LogP contribution is -2.44. The van der Waals surface area contributed by atoms with Crippen molar-refractivity contribution in [2.24, 2.45) is 5.92 Å². The molecule has 1 aromatic carbocycles. The molecule has 0 radical (unpaired) electrons. The maximum Gasteiger partial charge on any atom is 0.399 e. The number of unbranched alkanes of at least 4 members (excludes halogenated alkanes) is 1. The van der Waals surface area contributed by atoms with Crippen molar-refractivity contribution in [1.29, 1.82) is 0 Å². The number of rotatable bonds is 14. The zero-order valence-electron chi connectivity index (χ0n) is 22.1. The van der Waals surface area contributed by atoms with E-state index in [4.69, 9.17) is 16.3 Å². The Morgan fingerprint density at radius 1 is 1.32 bits per heavy atom. The molecule has 1 saturated heterocycles. The third kappa shape index (κ3) is 8.56. The predicted octanol–water partition coefficient (Wildman–Crippen LogP) is 3.57. The first-order valence-electron chi connectivity index (χ1n) is 13.2. The Hall–Kier alpha value is -3.38. The monoisotopic (exact) mass is 594 g/mol. The summed E-state index contributed by atoms with van der Waals surface area (Å²) in [5, 5.41) is 5.48. The first kappa shape index (κ1) is 31.1. The van der Waals surface area contributed by atoms with E-state index in [1.54, 1.807) is 0 Å². The summed E-state index contributed by atoms with van der Waals surface area (Å²) in [5.41, 5.74) is -1.07. The topological polar surface area (TPSA) is 126 Å². The zero-order valence-corrected chi connectivity index (χ0v) is 24.2. The fraction of sp³-hybridized carbons (Fsp3) is 0.444. The van der Waals surface area contributed by atoms with Gasteiger partial charge in [-0.2, -0.15) is 8.78 Å². The highest BCUT2D eigenvalue weighted by Gasteiger charge is 2.46. The average Bonchev–Trinajstić information content (AvgIpc) is 3.35. The van der Waals surface area contributed by atoms with Crippen LogP contribution in [0.3, 0.4) is 0 Å². The van der Waals surface area contributed by atoms with E-state index in [0.29, 0.717) is 32.1 Å². The summed E-state index contributed by atoms with van der Waals surface area (Å²) in [6.45, 7) is 2.47. The van der Waals surface area contributed by atoms with Crippen LogP contribution in [-0.2, 0) is 25.0 Å². The molecule has 9 nitrogen and oxygen atoms in total. The Morgan fingerprint density at radius 3 is 2.75 bits per heavy atom. The van der Waals surface area contributed by atoms with Crippen molar-refractivity contribution in [3.05, 3.63) is 64.9 Å². The lowest BCUT2D eigenvalue weighted by atomic mass is 9.98. The van der Waals surface area contributed by atoms with Crippen LogP contribution in [0.5, 0.6) is 0 Å². The van der Waals surface area contributed by atoms with Crippen LogP contribution >= 0.6 is 11.6 Å². The molecule has 3 rings (SSSR count). The second kappa shape index (κ2) is 14.8. The Kier molecular flexibility index (Phi) is 11.6. The quantitative estimate of drug-likeness (QED) is 0.227. The Labute approximate surface area is 238 Å². The summed E-state index contributed by atoms with van der Waals surface area (Å²) in [5.74, 6) is -4.58. The van der Waals surface area contributed by atoms with Crippen LogP contribution in [-0.4, -0.2) is 51.4 Å². The van der Waals surface area contributed by atoms with E-state index in [9.17, 15) is 19.2 Å². The van der Waals surface area contributed by atoms with Gasteiger partial charge in [0.05, 0.1) is 6.04 Å². The molecule has 2 aromatic rings. The van der Waals surface area contributed by atoms with E-state index in [2.05, 4.69) is 20.6 Å². The minimum Gasteiger partial charge on any atom is -0.435 e. The van der Waals surface area contributed by atoms with Crippen LogP contribution in [0.2, 0.25) is 10.6 Å². The van der Waals surface area contributed by atoms with Crippen LogP contribution in [0.1, 0.15) is 56.3 Å². The minimum atomic E-state index is -3.64. The van der Waals surface area contributed by atoms with Gasteiger partial charge in [-0.1, -0.05) is 49.6 Å². The van der Waals surface area contributed by atoms with Gasteiger partial charge in [0.1, 0.15) is 16.0 Å². The van der Waals surface area contributed by atoms with Crippen LogP contribution < -0.4 is 15.6 Å². The number of pyridine rings is 1. The molecule has 1 aliphatic heterocycles. The molecule has 0 saturated carbocycles. The molecule has 1 fully saturated rings. The van der Waals surface area contributed by atoms with Crippen LogP contribution in [0.15, 0.2) is 48.8 Å². The van der Waals surface area contributed by atoms with Gasteiger partial charge in [-0.3, -0.25) is 14.6 Å². The van der Waals surface area contributed by atoms with Crippen molar-refractivity contribution < 1.29 is 32.7 Å². The molecular formula is C27H33ClF2N4O5Si. The second-order valence-electron chi connectivity index (χ2n) is 9.69. The van der Waals surface area contributed by atoms with Gasteiger partial charge in [0.2, 0.25) is 11.8 Å². The smallest absolute Gasteiger partial charge is 0.399 e. The molecule has 3 N–H and O–H groups in total. The molecule has 0 bridgehead atoms. The third-order valence-corrected chi connectivity index (χ3v) is 8.71. The van der Waals surface area contributed by atoms with Gasteiger partial charge in [-0.15, -0.1) is 0 Å². The second-order valence-corrected chi connectivity index (χ2v) is 11.9. The number of ether oxygens (including phenoxy) is 1. The fourth-order valence-electron chi connectivity index (χ4n) is 4.49. The Balaban J connectivity index is 1.69. The van der Waals surface area contributed by atoms with Crippen LogP contribution in [0.25, 0.3) is 0 Å². The first-order chi connectivity index (χ1) is 19.1. The van der Waals surface area contributed by atoms with Gasteiger partial charge in [0.15, 0.2) is 6.10 Å². The maximum atomic E-state index is 15.6. The Bertz CT molecular complexity index is 1180. The summed E-state index contributed by atoms with van der Waals surface area (Å²) >= 11 is 5.92. The predicted molar refractivity (Wildman–Crippen MR) is 147 cm³/mol. The van der Waals surface area contributed by atoms with Gasteiger partial charge < -0.3 is 25.1 Å². The molecule has 1 unspecified atom stereocenters. The molecule has 0 spiro atoms. The van der Waals surface area contributed by atoms with Crippen LogP contribution in [0, 0.1) is 5.92 Å². The van der Waals surface area contributed by atoms with Crippen molar-refractivity contribution in [2.75, 3.05) is 6.54 Å². The molecule has 13 heteroatoms. The van der Waals surface area contributed by atoms with Crippen LogP contribution in [0.4, 0.5) is 13.6 Å². The summed E-state index contributed by atoms with van der Waals surface area (Å²) in [4.78, 5) is 55.8. The molecule has 1 aliphatic rings. The molecule has 1 aromatic heterocycles. The van der Waals surface area contributed by atoms with Gasteiger partial charge in [0.25, 0.3) is 0 Å². The number of aromatic nitrogens is 1. The Morgan fingerprint density at radius 2 is 2.12 bits per heavy atom. The van der Waals surface area contributed by atoms with E-state index >= 15 is 8.78 Å². The number of carbonyl (C=O) groups excluding carboxylic acids is 4. The number of carbonyl (C=O) groups is 4. The lowest BCUT2D eigenvalue weighted by Gasteiger charge is -2.28. The van der Waals surface area contributed by atoms with E-state index in [0.717, 1.165) is 12.5 Å². The molecule has 216 valence electrons. The van der Waals surface area contributed by atoms with E-state index in [1.165, 1.54) is 42.7 Å². The number of nitrogens with zero attached hydrogens (tertiary/aromatic N) is 1. The highest BCUT2D eigenvalue weighted by Crippen LogP contribution is 2.43. The summed E-state index contributed by atoms with van der Waals surface area (Å²) in [7, 11) is -1.73. The van der Waals surface area contributed by atoms with Gasteiger partial charge in [0, 0.05) is 46.5 Å². The number of hydrogen-bond acceptors (Lipinski definition) is 6. The average molecular weight is 595 g/mol. The fourth-order valence-corrected chi connectivity index (χ4v) is 5.97. The van der Waals surface area contributed by atoms with Gasteiger partial charge in [-0.05, 0) is 37.5 Å². The van der Waals surface area contributed by atoms with E-state index in [1.807, 2.05) is 6.92 Å². The number of nitrogens with one attached hydrogen (secondary N) is 3.